The Bertz CT molecular complexity index is 1320. The van der Waals surface area contributed by atoms with E-state index in [9.17, 15) is 9.59 Å². The fourth-order valence-corrected chi connectivity index (χ4v) is 3.38. The van der Waals surface area contributed by atoms with Gasteiger partial charge in [0, 0.05) is 11.3 Å². The molecule has 2 aromatic heterocycles. The summed E-state index contributed by atoms with van der Waals surface area (Å²) < 4.78 is 11.7. The third-order valence-electron chi connectivity index (χ3n) is 5.23. The second-order valence-corrected chi connectivity index (χ2v) is 7.27. The maximum Gasteiger partial charge on any atom is 0.297 e. The van der Waals surface area contributed by atoms with Gasteiger partial charge in [-0.05, 0) is 56.7 Å². The van der Waals surface area contributed by atoms with Crippen LogP contribution in [0.2, 0.25) is 0 Å². The number of aryl methyl sites for hydroxylation is 2. The molecule has 0 radical (unpaired) electrons. The SMILES string of the molecule is COc1ccc(-c2nn([C@@H](C)C(=O)Nc3ccccc3C)c(=O)c3noc(C)c23)cc1. The Morgan fingerprint density at radius 1 is 1.13 bits per heavy atom. The number of hydrogen-bond donors (Lipinski definition) is 1. The number of rotatable bonds is 5. The maximum absolute atomic E-state index is 13.1. The van der Waals surface area contributed by atoms with Crippen LogP contribution in [0.15, 0.2) is 57.8 Å². The highest BCUT2D eigenvalue weighted by atomic mass is 16.5. The van der Waals surface area contributed by atoms with E-state index in [1.165, 1.54) is 0 Å². The molecule has 158 valence electrons. The number of nitrogens with one attached hydrogen (secondary N) is 1. The molecule has 8 heteroatoms. The van der Waals surface area contributed by atoms with Crippen molar-refractivity contribution in [3.8, 4) is 17.0 Å². The van der Waals surface area contributed by atoms with Crippen LogP contribution >= 0.6 is 0 Å². The van der Waals surface area contributed by atoms with Gasteiger partial charge in [-0.15, -0.1) is 0 Å². The van der Waals surface area contributed by atoms with Crippen molar-refractivity contribution in [2.24, 2.45) is 0 Å². The molecule has 0 aliphatic carbocycles. The fraction of sp³-hybridized carbons (Fsp3) is 0.217. The summed E-state index contributed by atoms with van der Waals surface area (Å²) in [5, 5.41) is 11.9. The number of anilines is 1. The molecule has 2 aromatic carbocycles. The van der Waals surface area contributed by atoms with Crippen LogP contribution in [0, 0.1) is 13.8 Å². The van der Waals surface area contributed by atoms with Gasteiger partial charge in [0.05, 0.1) is 12.5 Å². The molecule has 4 rings (SSSR count). The van der Waals surface area contributed by atoms with Gasteiger partial charge in [-0.1, -0.05) is 23.4 Å². The lowest BCUT2D eigenvalue weighted by Gasteiger charge is -2.16. The first-order valence-corrected chi connectivity index (χ1v) is 9.80. The summed E-state index contributed by atoms with van der Waals surface area (Å²) in [5.74, 6) is 0.820. The minimum atomic E-state index is -0.870. The molecule has 0 spiro atoms. The first kappa shape index (κ1) is 20.3. The van der Waals surface area contributed by atoms with Crippen LogP contribution in [0.1, 0.15) is 24.3 Å². The van der Waals surface area contributed by atoms with Crippen molar-refractivity contribution >= 4 is 22.5 Å². The van der Waals surface area contributed by atoms with Crippen molar-refractivity contribution in [2.45, 2.75) is 26.8 Å². The van der Waals surface area contributed by atoms with Gasteiger partial charge in [-0.25, -0.2) is 4.68 Å². The normalized spacial score (nSPS) is 12.0. The molecule has 2 heterocycles. The Labute approximate surface area is 178 Å². The molecule has 4 aromatic rings. The second-order valence-electron chi connectivity index (χ2n) is 7.27. The van der Waals surface area contributed by atoms with Crippen molar-refractivity contribution in [2.75, 3.05) is 12.4 Å². The number of carbonyl (C=O) groups is 1. The molecule has 0 saturated carbocycles. The van der Waals surface area contributed by atoms with Crippen LogP contribution in [0.25, 0.3) is 22.2 Å². The van der Waals surface area contributed by atoms with E-state index in [0.717, 1.165) is 15.8 Å². The molecule has 0 aliphatic heterocycles. The minimum Gasteiger partial charge on any atom is -0.497 e. The first-order valence-electron chi connectivity index (χ1n) is 9.80. The van der Waals surface area contributed by atoms with E-state index in [-0.39, 0.29) is 11.4 Å². The van der Waals surface area contributed by atoms with Gasteiger partial charge >= 0.3 is 0 Å². The smallest absolute Gasteiger partial charge is 0.297 e. The van der Waals surface area contributed by atoms with Crippen LogP contribution < -0.4 is 15.6 Å². The van der Waals surface area contributed by atoms with Gasteiger partial charge < -0.3 is 14.6 Å². The standard InChI is InChI=1S/C23H22N4O4/c1-13-7-5-6-8-18(13)24-22(28)14(2)27-23(29)21-19(15(3)31-26-21)20(25-27)16-9-11-17(30-4)12-10-16/h5-12,14H,1-4H3,(H,24,28)/t14-/m0/s1. The number of para-hydroxylation sites is 1. The van der Waals surface area contributed by atoms with Crippen molar-refractivity contribution in [3.63, 3.8) is 0 Å². The summed E-state index contributed by atoms with van der Waals surface area (Å²) in [6.45, 7) is 5.25. The molecule has 1 amide bonds. The first-order chi connectivity index (χ1) is 14.9. The van der Waals surface area contributed by atoms with E-state index < -0.39 is 11.6 Å². The summed E-state index contributed by atoms with van der Waals surface area (Å²) in [6.07, 6.45) is 0. The van der Waals surface area contributed by atoms with Crippen molar-refractivity contribution < 1.29 is 14.1 Å². The predicted octanol–water partition coefficient (Wildman–Crippen LogP) is 3.88. The Morgan fingerprint density at radius 3 is 2.52 bits per heavy atom. The highest BCUT2D eigenvalue weighted by Crippen LogP contribution is 2.29. The molecular weight excluding hydrogens is 396 g/mol. The molecule has 0 aliphatic rings. The monoisotopic (exact) mass is 418 g/mol. The van der Waals surface area contributed by atoms with E-state index in [0.29, 0.717) is 28.3 Å². The Balaban J connectivity index is 1.80. The van der Waals surface area contributed by atoms with Crippen LogP contribution in [-0.4, -0.2) is 28.0 Å². The van der Waals surface area contributed by atoms with Gasteiger partial charge in [0.15, 0.2) is 5.52 Å². The zero-order chi connectivity index (χ0) is 22.1. The van der Waals surface area contributed by atoms with Gasteiger partial charge in [0.1, 0.15) is 23.2 Å². The third kappa shape index (κ3) is 3.68. The minimum absolute atomic E-state index is 0.133. The molecular formula is C23H22N4O4. The fourth-order valence-electron chi connectivity index (χ4n) is 3.38. The summed E-state index contributed by atoms with van der Waals surface area (Å²) in [4.78, 5) is 26.0. The van der Waals surface area contributed by atoms with E-state index in [1.54, 1.807) is 33.1 Å². The lowest BCUT2D eigenvalue weighted by Crippen LogP contribution is -2.34. The zero-order valence-corrected chi connectivity index (χ0v) is 17.7. The van der Waals surface area contributed by atoms with Crippen molar-refractivity contribution in [3.05, 3.63) is 70.2 Å². The van der Waals surface area contributed by atoms with E-state index >= 15 is 0 Å². The third-order valence-corrected chi connectivity index (χ3v) is 5.23. The van der Waals surface area contributed by atoms with Gasteiger partial charge in [0.25, 0.3) is 5.56 Å². The lowest BCUT2D eigenvalue weighted by atomic mass is 10.1. The number of carbonyl (C=O) groups excluding carboxylic acids is 1. The Hall–Kier alpha value is -3.94. The van der Waals surface area contributed by atoms with E-state index in [2.05, 4.69) is 15.6 Å². The lowest BCUT2D eigenvalue weighted by molar-refractivity contribution is -0.119. The van der Waals surface area contributed by atoms with Gasteiger partial charge in [-0.3, -0.25) is 9.59 Å². The van der Waals surface area contributed by atoms with Crippen LogP contribution in [0.4, 0.5) is 5.69 Å². The Morgan fingerprint density at radius 2 is 1.84 bits per heavy atom. The molecule has 31 heavy (non-hydrogen) atoms. The van der Waals surface area contributed by atoms with Gasteiger partial charge in [-0.2, -0.15) is 5.10 Å². The number of hydrogen-bond acceptors (Lipinski definition) is 6. The average Bonchev–Trinajstić information content (AvgIpc) is 3.17. The Kier molecular flexibility index (Phi) is 5.29. The maximum atomic E-state index is 13.1. The number of benzene rings is 2. The molecule has 1 N–H and O–H groups in total. The highest BCUT2D eigenvalue weighted by Gasteiger charge is 2.24. The molecule has 0 saturated heterocycles. The van der Waals surface area contributed by atoms with Crippen molar-refractivity contribution in [1.29, 1.82) is 0 Å². The van der Waals surface area contributed by atoms with E-state index in [1.807, 2.05) is 43.3 Å². The van der Waals surface area contributed by atoms with Crippen LogP contribution in [0.3, 0.4) is 0 Å². The number of nitrogens with zero attached hydrogens (tertiary/aromatic N) is 3. The highest BCUT2D eigenvalue weighted by molar-refractivity contribution is 5.95. The number of amides is 1. The number of aromatic nitrogens is 3. The number of fused-ring (bicyclic) bond motifs is 1. The molecule has 0 unspecified atom stereocenters. The quantitative estimate of drug-likeness (QED) is 0.528. The summed E-state index contributed by atoms with van der Waals surface area (Å²) in [6, 6.07) is 13.8. The number of methoxy groups -OCH3 is 1. The summed E-state index contributed by atoms with van der Waals surface area (Å²) in [5.41, 5.74) is 2.50. The predicted molar refractivity (Wildman–Crippen MR) is 117 cm³/mol. The summed E-state index contributed by atoms with van der Waals surface area (Å²) >= 11 is 0. The van der Waals surface area contributed by atoms with E-state index in [4.69, 9.17) is 9.26 Å². The summed E-state index contributed by atoms with van der Waals surface area (Å²) in [7, 11) is 1.59. The number of ether oxygens (including phenoxy) is 1. The van der Waals surface area contributed by atoms with Gasteiger partial charge in [0.2, 0.25) is 5.91 Å². The molecule has 1 atom stereocenters. The van der Waals surface area contributed by atoms with Crippen molar-refractivity contribution in [1.82, 2.24) is 14.9 Å². The molecule has 0 bridgehead atoms. The topological polar surface area (TPSA) is 99.2 Å². The van der Waals surface area contributed by atoms with Crippen LogP contribution in [-0.2, 0) is 4.79 Å². The second kappa shape index (κ2) is 8.06. The largest absolute Gasteiger partial charge is 0.497 e. The zero-order valence-electron chi connectivity index (χ0n) is 17.7. The molecule has 0 fully saturated rings. The molecule has 8 nitrogen and oxygen atoms in total. The average molecular weight is 418 g/mol. The van der Waals surface area contributed by atoms with Crippen LogP contribution in [0.5, 0.6) is 5.75 Å².